The number of halogens is 1. The normalized spacial score (nSPS) is 10.5. The quantitative estimate of drug-likeness (QED) is 0.554. The Kier molecular flexibility index (Phi) is 3.72. The van der Waals surface area contributed by atoms with Gasteiger partial charge in [0.05, 0.1) is 7.11 Å². The van der Waals surface area contributed by atoms with Crippen LogP contribution in [-0.2, 0) is 9.53 Å². The van der Waals surface area contributed by atoms with Crippen molar-refractivity contribution in [3.05, 3.63) is 40.4 Å². The second kappa shape index (κ2) is 4.82. The highest BCUT2D eigenvalue weighted by Crippen LogP contribution is 2.19. The molecule has 0 unspecified atom stereocenters. The highest BCUT2D eigenvalue weighted by Gasteiger charge is 1.99. The van der Waals surface area contributed by atoms with Gasteiger partial charge in [-0.05, 0) is 30.2 Å². The fourth-order valence-electron chi connectivity index (χ4n) is 1.03. The molecule has 0 aromatic heterocycles. The summed E-state index contributed by atoms with van der Waals surface area (Å²) < 4.78 is 4.48. The van der Waals surface area contributed by atoms with Gasteiger partial charge in [-0.25, -0.2) is 4.79 Å². The molecule has 0 aliphatic heterocycles. The summed E-state index contributed by atoms with van der Waals surface area (Å²) in [5.74, 6) is -0.371. The van der Waals surface area contributed by atoms with Crippen molar-refractivity contribution in [2.75, 3.05) is 7.11 Å². The molecule has 0 aliphatic rings. The molecule has 0 saturated heterocycles. The lowest BCUT2D eigenvalue weighted by molar-refractivity contribution is -0.134. The van der Waals surface area contributed by atoms with Crippen LogP contribution in [0, 0.1) is 6.92 Å². The van der Waals surface area contributed by atoms with Crippen molar-refractivity contribution < 1.29 is 9.53 Å². The topological polar surface area (TPSA) is 26.3 Å². The summed E-state index contributed by atoms with van der Waals surface area (Å²) in [5, 5.41) is 0.692. The van der Waals surface area contributed by atoms with Crippen LogP contribution >= 0.6 is 11.6 Å². The first-order valence-corrected chi connectivity index (χ1v) is 4.54. The Balaban J connectivity index is 2.92. The van der Waals surface area contributed by atoms with E-state index in [1.807, 2.05) is 25.1 Å². The number of methoxy groups -OCH3 is 1. The Hall–Kier alpha value is -1.28. The Morgan fingerprint density at radius 1 is 1.50 bits per heavy atom. The molecule has 1 rings (SSSR count). The van der Waals surface area contributed by atoms with Crippen LogP contribution in [0.1, 0.15) is 11.1 Å². The standard InChI is InChI=1S/C11H11ClO2/c1-8-9(4-3-5-10(8)12)6-7-11(13)14-2/h3-7H,1-2H3. The molecule has 14 heavy (non-hydrogen) atoms. The van der Waals surface area contributed by atoms with E-state index in [2.05, 4.69) is 4.74 Å². The maximum atomic E-state index is 10.8. The van der Waals surface area contributed by atoms with Crippen LogP contribution in [0.15, 0.2) is 24.3 Å². The lowest BCUT2D eigenvalue weighted by Gasteiger charge is -2.01. The minimum Gasteiger partial charge on any atom is -0.466 e. The Morgan fingerprint density at radius 3 is 2.86 bits per heavy atom. The van der Waals surface area contributed by atoms with E-state index < -0.39 is 0 Å². The number of hydrogen-bond donors (Lipinski definition) is 0. The average Bonchev–Trinajstić information content (AvgIpc) is 2.20. The predicted octanol–water partition coefficient (Wildman–Crippen LogP) is 2.83. The third-order valence-electron chi connectivity index (χ3n) is 1.91. The maximum Gasteiger partial charge on any atom is 0.330 e. The van der Waals surface area contributed by atoms with Crippen molar-refractivity contribution in [2.45, 2.75) is 6.92 Å². The first-order valence-electron chi connectivity index (χ1n) is 4.16. The van der Waals surface area contributed by atoms with Crippen LogP contribution in [0.25, 0.3) is 6.08 Å². The molecule has 0 heterocycles. The summed E-state index contributed by atoms with van der Waals surface area (Å²) in [6, 6.07) is 5.54. The van der Waals surface area contributed by atoms with Gasteiger partial charge in [0.2, 0.25) is 0 Å². The van der Waals surface area contributed by atoms with Crippen molar-refractivity contribution >= 4 is 23.6 Å². The third kappa shape index (κ3) is 2.60. The second-order valence-electron chi connectivity index (χ2n) is 2.81. The monoisotopic (exact) mass is 210 g/mol. The molecular weight excluding hydrogens is 200 g/mol. The molecule has 0 amide bonds. The maximum absolute atomic E-state index is 10.8. The van der Waals surface area contributed by atoms with E-state index >= 15 is 0 Å². The van der Waals surface area contributed by atoms with Crippen LogP contribution in [0.4, 0.5) is 0 Å². The molecule has 3 heteroatoms. The lowest BCUT2D eigenvalue weighted by atomic mass is 10.1. The molecule has 0 bridgehead atoms. The first-order chi connectivity index (χ1) is 6.65. The lowest BCUT2D eigenvalue weighted by Crippen LogP contribution is -1.93. The predicted molar refractivity (Wildman–Crippen MR) is 57.2 cm³/mol. The van der Waals surface area contributed by atoms with Crippen LogP contribution in [-0.4, -0.2) is 13.1 Å². The zero-order valence-electron chi connectivity index (χ0n) is 8.08. The van der Waals surface area contributed by atoms with Crippen LogP contribution in [0.2, 0.25) is 5.02 Å². The van der Waals surface area contributed by atoms with Gasteiger partial charge in [0.25, 0.3) is 0 Å². The van der Waals surface area contributed by atoms with Gasteiger partial charge in [0.1, 0.15) is 0 Å². The summed E-state index contributed by atoms with van der Waals surface area (Å²) >= 11 is 5.91. The zero-order valence-corrected chi connectivity index (χ0v) is 8.84. The van der Waals surface area contributed by atoms with Crippen molar-refractivity contribution in [3.8, 4) is 0 Å². The largest absolute Gasteiger partial charge is 0.466 e. The van der Waals surface area contributed by atoms with Crippen LogP contribution < -0.4 is 0 Å². The summed E-state index contributed by atoms with van der Waals surface area (Å²) in [5.41, 5.74) is 1.87. The molecular formula is C11H11ClO2. The Labute approximate surface area is 88.1 Å². The molecule has 0 atom stereocenters. The van der Waals surface area contributed by atoms with E-state index in [4.69, 9.17) is 11.6 Å². The van der Waals surface area contributed by atoms with Gasteiger partial charge < -0.3 is 4.74 Å². The third-order valence-corrected chi connectivity index (χ3v) is 2.32. The number of carbonyl (C=O) groups is 1. The van der Waals surface area contributed by atoms with Gasteiger partial charge in [-0.3, -0.25) is 0 Å². The summed E-state index contributed by atoms with van der Waals surface area (Å²) in [6.45, 7) is 1.90. The second-order valence-corrected chi connectivity index (χ2v) is 3.22. The van der Waals surface area contributed by atoms with E-state index in [0.29, 0.717) is 5.02 Å². The van der Waals surface area contributed by atoms with Crippen LogP contribution in [0.5, 0.6) is 0 Å². The van der Waals surface area contributed by atoms with Crippen molar-refractivity contribution in [1.29, 1.82) is 0 Å². The Bertz CT molecular complexity index is 370. The first kappa shape index (κ1) is 10.8. The smallest absolute Gasteiger partial charge is 0.330 e. The van der Waals surface area contributed by atoms with E-state index in [1.54, 1.807) is 6.08 Å². The van der Waals surface area contributed by atoms with E-state index in [9.17, 15) is 4.79 Å². The minimum atomic E-state index is -0.371. The number of carbonyl (C=O) groups excluding carboxylic acids is 1. The molecule has 0 fully saturated rings. The summed E-state index contributed by atoms with van der Waals surface area (Å²) in [7, 11) is 1.34. The molecule has 0 aliphatic carbocycles. The number of esters is 1. The highest BCUT2D eigenvalue weighted by atomic mass is 35.5. The number of hydrogen-bond acceptors (Lipinski definition) is 2. The van der Waals surface area contributed by atoms with Gasteiger partial charge in [0.15, 0.2) is 0 Å². The van der Waals surface area contributed by atoms with E-state index in [0.717, 1.165) is 11.1 Å². The Morgan fingerprint density at radius 2 is 2.21 bits per heavy atom. The fourth-order valence-corrected chi connectivity index (χ4v) is 1.21. The summed E-state index contributed by atoms with van der Waals surface area (Å²) in [4.78, 5) is 10.8. The molecule has 74 valence electrons. The number of ether oxygens (including phenoxy) is 1. The number of rotatable bonds is 2. The van der Waals surface area contributed by atoms with Gasteiger partial charge in [-0.1, -0.05) is 23.7 Å². The van der Waals surface area contributed by atoms with Crippen molar-refractivity contribution in [2.24, 2.45) is 0 Å². The van der Waals surface area contributed by atoms with Crippen LogP contribution in [0.3, 0.4) is 0 Å². The molecule has 1 aromatic rings. The molecule has 0 spiro atoms. The van der Waals surface area contributed by atoms with Gasteiger partial charge in [-0.15, -0.1) is 0 Å². The van der Waals surface area contributed by atoms with E-state index in [-0.39, 0.29) is 5.97 Å². The van der Waals surface area contributed by atoms with Crippen molar-refractivity contribution in [1.82, 2.24) is 0 Å². The SMILES string of the molecule is COC(=O)C=Cc1cccc(Cl)c1C. The molecule has 2 nitrogen and oxygen atoms in total. The average molecular weight is 211 g/mol. The van der Waals surface area contributed by atoms with Gasteiger partial charge >= 0.3 is 5.97 Å². The number of benzene rings is 1. The molecule has 0 saturated carbocycles. The fraction of sp³-hybridized carbons (Fsp3) is 0.182. The zero-order chi connectivity index (χ0) is 10.6. The minimum absolute atomic E-state index is 0.371. The van der Waals surface area contributed by atoms with Gasteiger partial charge in [0, 0.05) is 11.1 Å². The highest BCUT2D eigenvalue weighted by molar-refractivity contribution is 6.31. The summed E-state index contributed by atoms with van der Waals surface area (Å²) in [6.07, 6.45) is 3.06. The molecule has 0 radical (unpaired) electrons. The molecule has 0 N–H and O–H groups in total. The van der Waals surface area contributed by atoms with Crippen molar-refractivity contribution in [3.63, 3.8) is 0 Å². The van der Waals surface area contributed by atoms with Gasteiger partial charge in [-0.2, -0.15) is 0 Å². The van der Waals surface area contributed by atoms with E-state index in [1.165, 1.54) is 13.2 Å². The molecule has 1 aromatic carbocycles.